The lowest BCUT2D eigenvalue weighted by Gasteiger charge is -2.08. The molecule has 1 heterocycles. The van der Waals surface area contributed by atoms with Gasteiger partial charge in [-0.1, -0.05) is 0 Å². The van der Waals surface area contributed by atoms with Gasteiger partial charge in [-0.05, 0) is 6.92 Å². The van der Waals surface area contributed by atoms with Crippen LogP contribution in [0, 0.1) is 0 Å². The zero-order chi connectivity index (χ0) is 6.53. The molecule has 0 aliphatic carbocycles. The van der Waals surface area contributed by atoms with Crippen molar-refractivity contribution >= 4 is 12.6 Å². The molecule has 4 nitrogen and oxygen atoms in total. The zero-order valence-electron chi connectivity index (χ0n) is 5.24. The normalized spacial score (nSPS) is 23.9. The number of rotatable bonds is 2. The van der Waals surface area contributed by atoms with Crippen molar-refractivity contribution in [1.29, 1.82) is 0 Å². The lowest BCUT2D eigenvalue weighted by Crippen LogP contribution is -2.20. The Hall–Kier alpha value is -0.900. The van der Waals surface area contributed by atoms with Crippen molar-refractivity contribution in [2.75, 3.05) is 6.61 Å². The first kappa shape index (κ1) is 6.22. The van der Waals surface area contributed by atoms with Crippen LogP contribution in [0.1, 0.15) is 6.92 Å². The third-order valence-electron chi connectivity index (χ3n) is 0.893. The molecule has 0 spiro atoms. The first-order valence-electron chi connectivity index (χ1n) is 2.85. The standard InChI is InChI=1S/C5H9N3O/c1-2-9-5-3-7-8-4-6-5/h3-5H,2H2,1H3,(H,6,8). The summed E-state index contributed by atoms with van der Waals surface area (Å²) in [5.74, 6) is 0. The molecular formula is C5H9N3O. The van der Waals surface area contributed by atoms with Crippen LogP contribution in [0.3, 0.4) is 0 Å². The Labute approximate surface area is 53.6 Å². The van der Waals surface area contributed by atoms with Gasteiger partial charge in [0.2, 0.25) is 0 Å². The number of nitrogens with one attached hydrogen (secondary N) is 1. The largest absolute Gasteiger partial charge is 0.351 e. The van der Waals surface area contributed by atoms with Crippen LogP contribution < -0.4 is 5.43 Å². The van der Waals surface area contributed by atoms with Crippen LogP contribution in [0.2, 0.25) is 0 Å². The predicted octanol–water partition coefficient (Wildman–Crippen LogP) is -0.0337. The van der Waals surface area contributed by atoms with Gasteiger partial charge in [0, 0.05) is 6.61 Å². The number of hydrogen-bond acceptors (Lipinski definition) is 4. The van der Waals surface area contributed by atoms with Gasteiger partial charge in [0.25, 0.3) is 0 Å². The van der Waals surface area contributed by atoms with Gasteiger partial charge in [0.15, 0.2) is 6.23 Å². The topological polar surface area (TPSA) is 46.0 Å². The molecule has 1 N–H and O–H groups in total. The highest BCUT2D eigenvalue weighted by Crippen LogP contribution is 1.90. The molecule has 0 amide bonds. The second-order valence-corrected chi connectivity index (χ2v) is 1.53. The molecule has 1 aliphatic rings. The molecule has 0 radical (unpaired) electrons. The number of hydrazone groups is 1. The minimum Gasteiger partial charge on any atom is -0.351 e. The smallest absolute Gasteiger partial charge is 0.187 e. The summed E-state index contributed by atoms with van der Waals surface area (Å²) in [5, 5.41) is 3.73. The quantitative estimate of drug-likeness (QED) is 0.566. The molecule has 1 atom stereocenters. The first-order valence-corrected chi connectivity index (χ1v) is 2.85. The highest BCUT2D eigenvalue weighted by molar-refractivity contribution is 5.70. The molecule has 0 aromatic heterocycles. The maximum Gasteiger partial charge on any atom is 0.187 e. The average Bonchev–Trinajstić information content (AvgIpc) is 1.91. The van der Waals surface area contributed by atoms with Crippen LogP contribution in [0.15, 0.2) is 10.1 Å². The van der Waals surface area contributed by atoms with Crippen molar-refractivity contribution in [3.63, 3.8) is 0 Å². The van der Waals surface area contributed by atoms with Crippen LogP contribution in [-0.4, -0.2) is 25.4 Å². The van der Waals surface area contributed by atoms with Crippen LogP contribution in [0.5, 0.6) is 0 Å². The maximum atomic E-state index is 5.10. The van der Waals surface area contributed by atoms with E-state index >= 15 is 0 Å². The van der Waals surface area contributed by atoms with E-state index in [-0.39, 0.29) is 6.23 Å². The molecule has 0 fully saturated rings. The third kappa shape index (κ3) is 1.81. The highest BCUT2D eigenvalue weighted by Gasteiger charge is 2.01. The number of nitrogens with zero attached hydrogens (tertiary/aromatic N) is 2. The molecule has 0 bridgehead atoms. The zero-order valence-corrected chi connectivity index (χ0v) is 5.24. The lowest BCUT2D eigenvalue weighted by atomic mass is 10.6. The predicted molar refractivity (Wildman–Crippen MR) is 35.5 cm³/mol. The number of hydrogen-bond donors (Lipinski definition) is 1. The fourth-order valence-electron chi connectivity index (χ4n) is 0.542. The van der Waals surface area contributed by atoms with Crippen molar-refractivity contribution in [3.05, 3.63) is 0 Å². The number of ether oxygens (including phenoxy) is 1. The molecule has 0 aromatic rings. The minimum absolute atomic E-state index is 0.184. The fourth-order valence-corrected chi connectivity index (χ4v) is 0.542. The van der Waals surface area contributed by atoms with Gasteiger partial charge in [-0.2, -0.15) is 5.10 Å². The SMILES string of the molecule is CCOC1C=NNC=N1. The highest BCUT2D eigenvalue weighted by atomic mass is 16.5. The van der Waals surface area contributed by atoms with Crippen molar-refractivity contribution in [2.45, 2.75) is 13.2 Å². The van der Waals surface area contributed by atoms with E-state index in [0.29, 0.717) is 6.61 Å². The van der Waals surface area contributed by atoms with E-state index in [9.17, 15) is 0 Å². The summed E-state index contributed by atoms with van der Waals surface area (Å²) in [7, 11) is 0. The van der Waals surface area contributed by atoms with Crippen LogP contribution in [0.25, 0.3) is 0 Å². The Bertz CT molecular complexity index is 120. The molecule has 1 rings (SSSR count). The van der Waals surface area contributed by atoms with Crippen LogP contribution >= 0.6 is 0 Å². The monoisotopic (exact) mass is 127 g/mol. The van der Waals surface area contributed by atoms with Gasteiger partial charge in [-0.25, -0.2) is 4.99 Å². The van der Waals surface area contributed by atoms with Gasteiger partial charge < -0.3 is 4.74 Å². The third-order valence-corrected chi connectivity index (χ3v) is 0.893. The molecule has 9 heavy (non-hydrogen) atoms. The van der Waals surface area contributed by atoms with E-state index in [4.69, 9.17) is 4.74 Å². The minimum atomic E-state index is -0.184. The Morgan fingerprint density at radius 1 is 1.78 bits per heavy atom. The summed E-state index contributed by atoms with van der Waals surface area (Å²) >= 11 is 0. The Morgan fingerprint density at radius 3 is 3.22 bits per heavy atom. The Morgan fingerprint density at radius 2 is 2.67 bits per heavy atom. The lowest BCUT2D eigenvalue weighted by molar-refractivity contribution is 0.118. The summed E-state index contributed by atoms with van der Waals surface area (Å²) in [6, 6.07) is 0. The summed E-state index contributed by atoms with van der Waals surface area (Å²) in [6.45, 7) is 2.58. The van der Waals surface area contributed by atoms with E-state index < -0.39 is 0 Å². The molecular weight excluding hydrogens is 118 g/mol. The van der Waals surface area contributed by atoms with Gasteiger partial charge >= 0.3 is 0 Å². The molecule has 50 valence electrons. The first-order chi connectivity index (χ1) is 4.43. The van der Waals surface area contributed by atoms with Crippen molar-refractivity contribution < 1.29 is 4.74 Å². The Balaban J connectivity index is 2.31. The van der Waals surface area contributed by atoms with E-state index in [1.54, 1.807) is 6.21 Å². The summed E-state index contributed by atoms with van der Waals surface area (Å²) < 4.78 is 5.10. The second-order valence-electron chi connectivity index (χ2n) is 1.53. The van der Waals surface area contributed by atoms with Crippen molar-refractivity contribution in [3.8, 4) is 0 Å². The second kappa shape index (κ2) is 3.19. The van der Waals surface area contributed by atoms with E-state index in [0.717, 1.165) is 0 Å². The molecule has 0 saturated heterocycles. The summed E-state index contributed by atoms with van der Waals surface area (Å²) in [4.78, 5) is 3.91. The Kier molecular flexibility index (Phi) is 2.21. The maximum absolute atomic E-state index is 5.10. The van der Waals surface area contributed by atoms with Crippen LogP contribution in [0.4, 0.5) is 0 Å². The van der Waals surface area contributed by atoms with Crippen molar-refractivity contribution in [1.82, 2.24) is 5.43 Å². The van der Waals surface area contributed by atoms with Crippen LogP contribution in [-0.2, 0) is 4.74 Å². The molecule has 0 aromatic carbocycles. The van der Waals surface area contributed by atoms with Gasteiger partial charge in [0.1, 0.15) is 6.34 Å². The fraction of sp³-hybridized carbons (Fsp3) is 0.600. The van der Waals surface area contributed by atoms with Gasteiger partial charge in [-0.3, -0.25) is 5.43 Å². The van der Waals surface area contributed by atoms with Crippen molar-refractivity contribution in [2.24, 2.45) is 10.1 Å². The van der Waals surface area contributed by atoms with Gasteiger partial charge in [0.05, 0.1) is 6.21 Å². The molecule has 1 unspecified atom stereocenters. The van der Waals surface area contributed by atoms with E-state index in [1.807, 2.05) is 6.92 Å². The molecule has 1 aliphatic heterocycles. The van der Waals surface area contributed by atoms with E-state index in [1.165, 1.54) is 6.34 Å². The molecule has 0 saturated carbocycles. The molecule has 4 heteroatoms. The number of aliphatic imine (C=N–C) groups is 1. The average molecular weight is 127 g/mol. The summed E-state index contributed by atoms with van der Waals surface area (Å²) in [5.41, 5.74) is 2.57. The van der Waals surface area contributed by atoms with E-state index in [2.05, 4.69) is 15.5 Å². The van der Waals surface area contributed by atoms with Gasteiger partial charge in [-0.15, -0.1) is 0 Å². The summed E-state index contributed by atoms with van der Waals surface area (Å²) in [6.07, 6.45) is 2.94.